The van der Waals surface area contributed by atoms with Crippen LogP contribution in [0.25, 0.3) is 0 Å². The van der Waals surface area contributed by atoms with E-state index >= 15 is 0 Å². The summed E-state index contributed by atoms with van der Waals surface area (Å²) >= 11 is 0. The van der Waals surface area contributed by atoms with E-state index in [1.807, 2.05) is 12.1 Å². The molecule has 30 heavy (non-hydrogen) atoms. The Morgan fingerprint density at radius 2 is 1.43 bits per heavy atom. The van der Waals surface area contributed by atoms with Crippen LogP contribution in [0.3, 0.4) is 0 Å². The highest BCUT2D eigenvalue weighted by atomic mass is 16.6. The number of carbonyl (C=O) groups excluding carboxylic acids is 2. The molecule has 2 rings (SSSR count). The molecule has 0 spiro atoms. The van der Waals surface area contributed by atoms with Crippen molar-refractivity contribution in [1.29, 1.82) is 0 Å². The van der Waals surface area contributed by atoms with Crippen molar-refractivity contribution in [2.75, 3.05) is 0 Å². The van der Waals surface area contributed by atoms with Crippen molar-refractivity contribution >= 4 is 18.0 Å². The molecule has 2 aromatic carbocycles. The second-order valence-corrected chi connectivity index (χ2v) is 6.29. The molecule has 0 aliphatic rings. The minimum Gasteiger partial charge on any atom is -0.479 e. The van der Waals surface area contributed by atoms with Gasteiger partial charge in [0, 0.05) is 6.42 Å². The summed E-state index contributed by atoms with van der Waals surface area (Å²) in [7, 11) is 0. The number of aliphatic carboxylic acids is 1. The monoisotopic (exact) mass is 413 g/mol. The van der Waals surface area contributed by atoms with Crippen molar-refractivity contribution in [3.63, 3.8) is 0 Å². The number of ether oxygens (including phenoxy) is 2. The number of carboxylic acid groups (broad SMARTS) is 1. The lowest BCUT2D eigenvalue weighted by atomic mass is 10.2. The smallest absolute Gasteiger partial charge is 0.408 e. The molecular formula is C22H23NO7. The van der Waals surface area contributed by atoms with Gasteiger partial charge in [-0.25, -0.2) is 14.4 Å². The van der Waals surface area contributed by atoms with Gasteiger partial charge in [-0.3, -0.25) is 0 Å². The summed E-state index contributed by atoms with van der Waals surface area (Å²) in [6, 6.07) is 16.8. The minimum atomic E-state index is -1.62. The van der Waals surface area contributed by atoms with E-state index in [1.54, 1.807) is 48.5 Å². The van der Waals surface area contributed by atoms with Crippen LogP contribution in [0.2, 0.25) is 0 Å². The molecule has 8 heteroatoms. The summed E-state index contributed by atoms with van der Waals surface area (Å²) < 4.78 is 10.3. The second-order valence-electron chi connectivity index (χ2n) is 6.29. The molecule has 2 atom stereocenters. The van der Waals surface area contributed by atoms with Gasteiger partial charge >= 0.3 is 18.0 Å². The quantitative estimate of drug-likeness (QED) is 0.404. The fourth-order valence-corrected chi connectivity index (χ4v) is 2.34. The molecular weight excluding hydrogens is 390 g/mol. The number of rotatable bonds is 10. The number of nitrogens with one attached hydrogen (secondary N) is 1. The summed E-state index contributed by atoms with van der Waals surface area (Å²) in [5, 5.41) is 20.4. The average molecular weight is 413 g/mol. The Labute approximate surface area is 173 Å². The Morgan fingerprint density at radius 1 is 0.900 bits per heavy atom. The van der Waals surface area contributed by atoms with Gasteiger partial charge in [-0.1, -0.05) is 72.8 Å². The van der Waals surface area contributed by atoms with Crippen LogP contribution in [0.15, 0.2) is 72.8 Å². The zero-order chi connectivity index (χ0) is 21.8. The van der Waals surface area contributed by atoms with Gasteiger partial charge in [0.1, 0.15) is 19.3 Å². The van der Waals surface area contributed by atoms with E-state index < -0.39 is 30.2 Å². The summed E-state index contributed by atoms with van der Waals surface area (Å²) in [5.74, 6) is -2.14. The van der Waals surface area contributed by atoms with Crippen LogP contribution in [-0.2, 0) is 32.3 Å². The Kier molecular flexibility index (Phi) is 9.08. The van der Waals surface area contributed by atoms with Gasteiger partial charge in [0.2, 0.25) is 0 Å². The number of aliphatic hydroxyl groups excluding tert-OH is 1. The fraction of sp³-hybridized carbons (Fsp3) is 0.227. The van der Waals surface area contributed by atoms with Crippen molar-refractivity contribution in [3.05, 3.63) is 83.9 Å². The summed E-state index contributed by atoms with van der Waals surface area (Å²) in [6.45, 7) is 0.0163. The number of aliphatic hydroxyl groups is 1. The third-order valence-corrected chi connectivity index (χ3v) is 3.94. The topological polar surface area (TPSA) is 122 Å². The zero-order valence-electron chi connectivity index (χ0n) is 16.1. The maximum Gasteiger partial charge on any atom is 0.408 e. The molecule has 0 aromatic heterocycles. The number of amides is 1. The lowest BCUT2D eigenvalue weighted by Crippen LogP contribution is -2.40. The minimum absolute atomic E-state index is 0.00249. The van der Waals surface area contributed by atoms with Gasteiger partial charge in [0.15, 0.2) is 6.10 Å². The molecule has 0 fully saturated rings. The number of carbonyl (C=O) groups is 3. The normalized spacial score (nSPS) is 12.7. The summed E-state index contributed by atoms with van der Waals surface area (Å²) in [4.78, 5) is 35.2. The van der Waals surface area contributed by atoms with Crippen LogP contribution in [0.4, 0.5) is 4.79 Å². The average Bonchev–Trinajstić information content (AvgIpc) is 2.76. The standard InChI is InChI=1S/C22H23NO7/c24-19(20(25)26)13-7-12-18(21(27)29-14-16-8-3-1-4-9-16)23-22(28)30-15-17-10-5-2-6-11-17/h1-12,18-19,24H,13-15H2,(H,23,28)(H,25,26)/b12-7+/t18-,19?/m0/s1. The van der Waals surface area contributed by atoms with E-state index in [0.717, 1.165) is 11.1 Å². The molecule has 2 aromatic rings. The number of esters is 1. The molecule has 0 saturated carbocycles. The lowest BCUT2D eigenvalue weighted by molar-refractivity contribution is -0.146. The molecule has 3 N–H and O–H groups in total. The molecule has 158 valence electrons. The first kappa shape index (κ1) is 22.6. The maximum absolute atomic E-state index is 12.4. The molecule has 0 bridgehead atoms. The van der Waals surface area contributed by atoms with Crippen LogP contribution in [-0.4, -0.2) is 40.4 Å². The van der Waals surface area contributed by atoms with E-state index in [9.17, 15) is 19.5 Å². The predicted molar refractivity (Wildman–Crippen MR) is 107 cm³/mol. The Hall–Kier alpha value is -3.65. The number of benzene rings is 2. The van der Waals surface area contributed by atoms with Crippen LogP contribution >= 0.6 is 0 Å². The highest BCUT2D eigenvalue weighted by Gasteiger charge is 2.21. The van der Waals surface area contributed by atoms with Crippen LogP contribution in [0, 0.1) is 0 Å². The first-order valence-corrected chi connectivity index (χ1v) is 9.21. The third kappa shape index (κ3) is 8.15. The van der Waals surface area contributed by atoms with Gasteiger partial charge in [0.05, 0.1) is 0 Å². The summed E-state index contributed by atoms with van der Waals surface area (Å²) in [6.07, 6.45) is -0.164. The van der Waals surface area contributed by atoms with E-state index in [4.69, 9.17) is 14.6 Å². The largest absolute Gasteiger partial charge is 0.479 e. The highest BCUT2D eigenvalue weighted by Crippen LogP contribution is 2.05. The Morgan fingerprint density at radius 3 is 1.97 bits per heavy atom. The van der Waals surface area contributed by atoms with Gasteiger partial charge in [0.25, 0.3) is 0 Å². The van der Waals surface area contributed by atoms with Gasteiger partial charge < -0.3 is 25.0 Å². The van der Waals surface area contributed by atoms with Gasteiger partial charge in [-0.2, -0.15) is 0 Å². The van der Waals surface area contributed by atoms with Crippen LogP contribution in [0.5, 0.6) is 0 Å². The van der Waals surface area contributed by atoms with E-state index in [0.29, 0.717) is 0 Å². The Balaban J connectivity index is 1.96. The van der Waals surface area contributed by atoms with Crippen molar-refractivity contribution in [2.24, 2.45) is 0 Å². The molecule has 1 amide bonds. The Bertz CT molecular complexity index is 852. The molecule has 0 aliphatic heterocycles. The van der Waals surface area contributed by atoms with Gasteiger partial charge in [-0.05, 0) is 11.1 Å². The molecule has 8 nitrogen and oxygen atoms in total. The van der Waals surface area contributed by atoms with E-state index in [2.05, 4.69) is 5.32 Å². The maximum atomic E-state index is 12.4. The second kappa shape index (κ2) is 12.0. The molecule has 0 radical (unpaired) electrons. The molecule has 0 saturated heterocycles. The van der Waals surface area contributed by atoms with Crippen molar-refractivity contribution in [1.82, 2.24) is 5.32 Å². The van der Waals surface area contributed by atoms with Crippen LogP contribution in [0.1, 0.15) is 17.5 Å². The third-order valence-electron chi connectivity index (χ3n) is 3.94. The predicted octanol–water partition coefficient (Wildman–Crippen LogP) is 2.42. The molecule has 0 aliphatic carbocycles. The SMILES string of the molecule is O=C(N[C@@H](/C=C/CC(O)C(=O)O)C(=O)OCc1ccccc1)OCc1ccccc1. The first-order valence-electron chi connectivity index (χ1n) is 9.21. The van der Waals surface area contributed by atoms with E-state index in [1.165, 1.54) is 12.2 Å². The van der Waals surface area contributed by atoms with Crippen molar-refractivity contribution in [2.45, 2.75) is 31.8 Å². The van der Waals surface area contributed by atoms with Crippen molar-refractivity contribution in [3.8, 4) is 0 Å². The fourth-order valence-electron chi connectivity index (χ4n) is 2.34. The summed E-state index contributed by atoms with van der Waals surface area (Å²) in [5.41, 5.74) is 1.54. The van der Waals surface area contributed by atoms with Crippen molar-refractivity contribution < 1.29 is 34.1 Å². The number of carboxylic acids is 1. The first-order chi connectivity index (χ1) is 14.5. The lowest BCUT2D eigenvalue weighted by Gasteiger charge is -2.15. The highest BCUT2D eigenvalue weighted by molar-refractivity contribution is 5.83. The van der Waals surface area contributed by atoms with E-state index in [-0.39, 0.29) is 19.6 Å². The van der Waals surface area contributed by atoms with Crippen LogP contribution < -0.4 is 5.32 Å². The molecule has 0 heterocycles. The zero-order valence-corrected chi connectivity index (χ0v) is 16.1. The van der Waals surface area contributed by atoms with Gasteiger partial charge in [-0.15, -0.1) is 0 Å². The number of hydrogen-bond acceptors (Lipinski definition) is 6. The number of alkyl carbamates (subject to hydrolysis) is 1. The molecule has 1 unspecified atom stereocenters. The number of hydrogen-bond donors (Lipinski definition) is 3.